The van der Waals surface area contributed by atoms with Gasteiger partial charge in [-0.3, -0.25) is 0 Å². The zero-order valence-corrected chi connectivity index (χ0v) is 9.19. The summed E-state index contributed by atoms with van der Waals surface area (Å²) in [6, 6.07) is 9.83. The van der Waals surface area contributed by atoms with Crippen molar-refractivity contribution in [2.75, 3.05) is 0 Å². The molecule has 18 heavy (non-hydrogen) atoms. The molecule has 0 atom stereocenters. The number of nitrogens with zero attached hydrogens (tertiary/aromatic N) is 1. The Morgan fingerprint density at radius 1 is 1.22 bits per heavy atom. The summed E-state index contributed by atoms with van der Waals surface area (Å²) in [6.07, 6.45) is -5.08. The number of carboxylic acids is 1. The van der Waals surface area contributed by atoms with Crippen molar-refractivity contribution >= 4 is 11.9 Å². The third-order valence-corrected chi connectivity index (χ3v) is 1.53. The summed E-state index contributed by atoms with van der Waals surface area (Å²) in [5.41, 5.74) is 11.4. The van der Waals surface area contributed by atoms with Crippen LogP contribution in [0.3, 0.4) is 0 Å². The Balaban J connectivity index is 0.000000360. The summed E-state index contributed by atoms with van der Waals surface area (Å²) in [5, 5.41) is 7.12. The number of hydrogen-bond donors (Lipinski definition) is 3. The van der Waals surface area contributed by atoms with Gasteiger partial charge in [0, 0.05) is 0 Å². The summed E-state index contributed by atoms with van der Waals surface area (Å²) in [4.78, 5) is 12.8. The second-order valence-corrected chi connectivity index (χ2v) is 3.03. The number of nitrogens with two attached hydrogens (primary N) is 2. The van der Waals surface area contributed by atoms with Gasteiger partial charge < -0.3 is 16.6 Å². The first kappa shape index (κ1) is 15.8. The Hall–Kier alpha value is -2.25. The molecular formula is C10H12F3N3O2. The molecule has 0 bridgehead atoms. The topological polar surface area (TPSA) is 102 Å². The molecule has 8 heteroatoms. The maximum absolute atomic E-state index is 10.6. The van der Waals surface area contributed by atoms with Gasteiger partial charge in [0.1, 0.15) is 0 Å². The van der Waals surface area contributed by atoms with Crippen LogP contribution in [0.4, 0.5) is 13.2 Å². The highest BCUT2D eigenvalue weighted by Crippen LogP contribution is 2.13. The van der Waals surface area contributed by atoms with Crippen molar-refractivity contribution in [2.45, 2.75) is 12.7 Å². The lowest BCUT2D eigenvalue weighted by Crippen LogP contribution is -2.22. The number of rotatable bonds is 2. The van der Waals surface area contributed by atoms with Gasteiger partial charge in [0.2, 0.25) is 0 Å². The standard InChI is InChI=1S/C8H11N3.C2HF3O2/c9-8(10)11-6-7-4-2-1-3-5-7;3-2(4,5)1(6)7/h1-5H,6H2,(H4,9,10,11);(H,6,7). The zero-order chi connectivity index (χ0) is 14.2. The van der Waals surface area contributed by atoms with E-state index >= 15 is 0 Å². The van der Waals surface area contributed by atoms with Crippen LogP contribution in [0.15, 0.2) is 35.3 Å². The number of benzene rings is 1. The van der Waals surface area contributed by atoms with E-state index in [2.05, 4.69) is 4.99 Å². The lowest BCUT2D eigenvalue weighted by atomic mass is 10.2. The molecule has 0 fully saturated rings. The molecule has 0 radical (unpaired) electrons. The maximum Gasteiger partial charge on any atom is 0.490 e. The van der Waals surface area contributed by atoms with Gasteiger partial charge in [-0.2, -0.15) is 13.2 Å². The van der Waals surface area contributed by atoms with E-state index in [-0.39, 0.29) is 5.96 Å². The minimum absolute atomic E-state index is 0.133. The minimum Gasteiger partial charge on any atom is -0.475 e. The van der Waals surface area contributed by atoms with Crippen LogP contribution in [0.1, 0.15) is 5.56 Å². The van der Waals surface area contributed by atoms with Gasteiger partial charge in [-0.15, -0.1) is 0 Å². The molecule has 1 rings (SSSR count). The number of halogens is 3. The van der Waals surface area contributed by atoms with Gasteiger partial charge in [-0.1, -0.05) is 30.3 Å². The molecule has 0 heterocycles. The van der Waals surface area contributed by atoms with Gasteiger partial charge in [0.15, 0.2) is 5.96 Å². The monoisotopic (exact) mass is 263 g/mol. The number of aliphatic imine (C=N–C) groups is 1. The van der Waals surface area contributed by atoms with Gasteiger partial charge in [-0.25, -0.2) is 9.79 Å². The van der Waals surface area contributed by atoms with Crippen LogP contribution in [0.5, 0.6) is 0 Å². The van der Waals surface area contributed by atoms with Gasteiger partial charge in [0.25, 0.3) is 0 Å². The third kappa shape index (κ3) is 7.97. The number of hydrogen-bond acceptors (Lipinski definition) is 2. The normalized spacial score (nSPS) is 9.94. The molecule has 1 aromatic carbocycles. The van der Waals surface area contributed by atoms with Crippen molar-refractivity contribution in [1.82, 2.24) is 0 Å². The van der Waals surface area contributed by atoms with Crippen LogP contribution >= 0.6 is 0 Å². The van der Waals surface area contributed by atoms with Crippen LogP contribution < -0.4 is 11.5 Å². The highest BCUT2D eigenvalue weighted by Gasteiger charge is 2.38. The number of guanidine groups is 1. The molecule has 5 nitrogen and oxygen atoms in total. The quantitative estimate of drug-likeness (QED) is 0.549. The van der Waals surface area contributed by atoms with E-state index in [1.165, 1.54) is 0 Å². The average Bonchev–Trinajstić information content (AvgIpc) is 2.27. The maximum atomic E-state index is 10.6. The summed E-state index contributed by atoms with van der Waals surface area (Å²) < 4.78 is 31.7. The van der Waals surface area contributed by atoms with Gasteiger partial charge in [0.05, 0.1) is 6.54 Å². The summed E-state index contributed by atoms with van der Waals surface area (Å²) >= 11 is 0. The first-order chi connectivity index (χ1) is 8.23. The van der Waals surface area contributed by atoms with Crippen LogP contribution in [0, 0.1) is 0 Å². The smallest absolute Gasteiger partial charge is 0.475 e. The molecule has 0 unspecified atom stereocenters. The van der Waals surface area contributed by atoms with Crippen LogP contribution in [0.25, 0.3) is 0 Å². The first-order valence-electron chi connectivity index (χ1n) is 4.63. The van der Waals surface area contributed by atoms with Gasteiger partial charge in [-0.05, 0) is 5.56 Å². The van der Waals surface area contributed by atoms with Crippen molar-refractivity contribution in [1.29, 1.82) is 0 Å². The Morgan fingerprint density at radius 2 is 1.67 bits per heavy atom. The number of alkyl halides is 3. The summed E-state index contributed by atoms with van der Waals surface area (Å²) in [7, 11) is 0. The first-order valence-corrected chi connectivity index (χ1v) is 4.63. The van der Waals surface area contributed by atoms with E-state index in [4.69, 9.17) is 21.4 Å². The number of aliphatic carboxylic acids is 1. The van der Waals surface area contributed by atoms with Crippen molar-refractivity contribution in [2.24, 2.45) is 16.5 Å². The van der Waals surface area contributed by atoms with Gasteiger partial charge >= 0.3 is 12.1 Å². The molecule has 5 N–H and O–H groups in total. The molecule has 1 aromatic rings. The van der Waals surface area contributed by atoms with Crippen LogP contribution in [0.2, 0.25) is 0 Å². The molecule has 0 spiro atoms. The van der Waals surface area contributed by atoms with E-state index in [1.807, 2.05) is 30.3 Å². The van der Waals surface area contributed by atoms with E-state index in [0.717, 1.165) is 5.56 Å². The van der Waals surface area contributed by atoms with E-state index < -0.39 is 12.1 Å². The molecule has 0 amide bonds. The molecule has 0 aliphatic heterocycles. The molecule has 0 aliphatic rings. The van der Waals surface area contributed by atoms with Crippen molar-refractivity contribution in [3.8, 4) is 0 Å². The van der Waals surface area contributed by atoms with E-state index in [1.54, 1.807) is 0 Å². The highest BCUT2D eigenvalue weighted by atomic mass is 19.4. The Morgan fingerprint density at radius 3 is 2.00 bits per heavy atom. The average molecular weight is 263 g/mol. The SMILES string of the molecule is NC(N)=NCc1ccccc1.O=C(O)C(F)(F)F. The Kier molecular flexibility index (Phi) is 6.26. The summed E-state index contributed by atoms with van der Waals surface area (Å²) in [5.74, 6) is -2.62. The zero-order valence-electron chi connectivity index (χ0n) is 9.19. The number of carboxylic acid groups (broad SMARTS) is 1. The Bertz CT molecular complexity index is 401. The fourth-order valence-corrected chi connectivity index (χ4v) is 0.766. The minimum atomic E-state index is -5.08. The van der Waals surface area contributed by atoms with Crippen molar-refractivity contribution in [3.05, 3.63) is 35.9 Å². The molecule has 0 aliphatic carbocycles. The Labute approximate surface area is 101 Å². The predicted octanol–water partition coefficient (Wildman–Crippen LogP) is 1.09. The lowest BCUT2D eigenvalue weighted by Gasteiger charge is -1.94. The highest BCUT2D eigenvalue weighted by molar-refractivity contribution is 5.75. The molecule has 100 valence electrons. The molecular weight excluding hydrogens is 251 g/mol. The largest absolute Gasteiger partial charge is 0.490 e. The molecule has 0 saturated heterocycles. The van der Waals surface area contributed by atoms with E-state index in [0.29, 0.717) is 6.54 Å². The fraction of sp³-hybridized carbons (Fsp3) is 0.200. The number of carbonyl (C=O) groups is 1. The fourth-order valence-electron chi connectivity index (χ4n) is 0.766. The molecule has 0 aromatic heterocycles. The van der Waals surface area contributed by atoms with Crippen LogP contribution in [-0.4, -0.2) is 23.2 Å². The third-order valence-electron chi connectivity index (χ3n) is 1.53. The van der Waals surface area contributed by atoms with Crippen molar-refractivity contribution in [3.63, 3.8) is 0 Å². The predicted molar refractivity (Wildman–Crippen MR) is 59.6 cm³/mol. The lowest BCUT2D eigenvalue weighted by molar-refractivity contribution is -0.192. The van der Waals surface area contributed by atoms with Crippen LogP contribution in [-0.2, 0) is 11.3 Å². The molecule has 0 saturated carbocycles. The van der Waals surface area contributed by atoms with E-state index in [9.17, 15) is 13.2 Å². The van der Waals surface area contributed by atoms with Crippen molar-refractivity contribution < 1.29 is 23.1 Å². The second kappa shape index (κ2) is 7.15. The second-order valence-electron chi connectivity index (χ2n) is 3.03. The summed E-state index contributed by atoms with van der Waals surface area (Å²) in [6.45, 7) is 0.559.